The van der Waals surface area contributed by atoms with Crippen LogP contribution in [0.2, 0.25) is 0 Å². The van der Waals surface area contributed by atoms with Gasteiger partial charge >= 0.3 is 6.16 Å². The lowest BCUT2D eigenvalue weighted by atomic mass is 10.0. The van der Waals surface area contributed by atoms with E-state index in [0.717, 1.165) is 19.3 Å². The predicted molar refractivity (Wildman–Crippen MR) is 118 cm³/mol. The third-order valence-corrected chi connectivity index (χ3v) is 5.16. The van der Waals surface area contributed by atoms with Gasteiger partial charge < -0.3 is 9.47 Å². The Morgan fingerprint density at radius 2 is 1.18 bits per heavy atom. The topological polar surface area (TPSA) is 35.5 Å². The fourth-order valence-electron chi connectivity index (χ4n) is 3.35. The first-order valence-electron chi connectivity index (χ1n) is 11.7. The van der Waals surface area contributed by atoms with Gasteiger partial charge in [0, 0.05) is 0 Å². The highest BCUT2D eigenvalue weighted by molar-refractivity contribution is 5.63. The van der Waals surface area contributed by atoms with E-state index in [4.69, 9.17) is 9.47 Å². The zero-order valence-electron chi connectivity index (χ0n) is 18.3. The minimum Gasteiger partial charge on any atom is -0.434 e. The van der Waals surface area contributed by atoms with Gasteiger partial charge in [0.2, 0.25) is 0 Å². The van der Waals surface area contributed by atoms with Crippen LogP contribution in [-0.2, 0) is 11.2 Å². The normalized spacial score (nSPS) is 10.8. The van der Waals surface area contributed by atoms with E-state index >= 15 is 0 Å². The predicted octanol–water partition coefficient (Wildman–Crippen LogP) is 8.25. The smallest absolute Gasteiger partial charge is 0.434 e. The Morgan fingerprint density at radius 1 is 0.679 bits per heavy atom. The highest BCUT2D eigenvalue weighted by atomic mass is 16.7. The Hall–Kier alpha value is -1.51. The van der Waals surface area contributed by atoms with Gasteiger partial charge in [0.25, 0.3) is 0 Å². The number of unbranched alkanes of at least 4 members (excludes halogenated alkanes) is 12. The molecule has 0 aromatic heterocycles. The summed E-state index contributed by atoms with van der Waals surface area (Å²) in [7, 11) is 0. The van der Waals surface area contributed by atoms with Gasteiger partial charge in [0.15, 0.2) is 0 Å². The molecule has 1 aromatic carbocycles. The van der Waals surface area contributed by atoms with E-state index in [1.807, 2.05) is 12.1 Å². The summed E-state index contributed by atoms with van der Waals surface area (Å²) in [6.07, 6.45) is 18.3. The molecule has 0 N–H and O–H groups in total. The van der Waals surface area contributed by atoms with Crippen molar-refractivity contribution >= 4 is 6.16 Å². The molecule has 0 radical (unpaired) electrons. The molecule has 0 fully saturated rings. The molecule has 0 saturated heterocycles. The van der Waals surface area contributed by atoms with E-state index < -0.39 is 6.16 Å². The third kappa shape index (κ3) is 13.6. The van der Waals surface area contributed by atoms with Crippen LogP contribution in [0.1, 0.15) is 109 Å². The summed E-state index contributed by atoms with van der Waals surface area (Å²) in [5, 5.41) is 0. The van der Waals surface area contributed by atoms with Crippen LogP contribution in [0.4, 0.5) is 4.79 Å². The fourth-order valence-corrected chi connectivity index (χ4v) is 3.35. The Morgan fingerprint density at radius 3 is 1.75 bits per heavy atom. The molecule has 0 bridgehead atoms. The average molecular weight is 391 g/mol. The summed E-state index contributed by atoms with van der Waals surface area (Å²) in [5.41, 5.74) is 1.30. The van der Waals surface area contributed by atoms with Crippen LogP contribution < -0.4 is 4.74 Å². The number of rotatable bonds is 17. The average Bonchev–Trinajstić information content (AvgIpc) is 2.70. The maximum absolute atomic E-state index is 11.7. The number of ether oxygens (including phenoxy) is 2. The van der Waals surface area contributed by atoms with Crippen molar-refractivity contribution in [3.63, 3.8) is 0 Å². The van der Waals surface area contributed by atoms with E-state index in [-0.39, 0.29) is 0 Å². The summed E-state index contributed by atoms with van der Waals surface area (Å²) < 4.78 is 10.4. The molecule has 0 aliphatic carbocycles. The summed E-state index contributed by atoms with van der Waals surface area (Å²) in [6.45, 7) is 4.92. The molecule has 0 spiro atoms. The first-order chi connectivity index (χ1) is 13.8. The van der Waals surface area contributed by atoms with Crippen LogP contribution in [0, 0.1) is 0 Å². The van der Waals surface area contributed by atoms with Gasteiger partial charge in [-0.15, -0.1) is 0 Å². The van der Waals surface area contributed by atoms with Crippen molar-refractivity contribution in [2.45, 2.75) is 110 Å². The summed E-state index contributed by atoms with van der Waals surface area (Å²) in [5.74, 6) is 0.563. The largest absolute Gasteiger partial charge is 0.513 e. The van der Waals surface area contributed by atoms with Gasteiger partial charge in [0.05, 0.1) is 6.61 Å². The molecular formula is C25H42O3. The molecular weight excluding hydrogens is 348 g/mol. The highest BCUT2D eigenvalue weighted by Gasteiger charge is 2.06. The van der Waals surface area contributed by atoms with Crippen LogP contribution in [0.25, 0.3) is 0 Å². The van der Waals surface area contributed by atoms with Crippen molar-refractivity contribution in [3.8, 4) is 5.75 Å². The molecule has 0 aliphatic rings. The monoisotopic (exact) mass is 390 g/mol. The number of hydrogen-bond acceptors (Lipinski definition) is 3. The van der Waals surface area contributed by atoms with Gasteiger partial charge in [-0.05, 0) is 37.0 Å². The Bertz CT molecular complexity index is 481. The molecule has 0 unspecified atom stereocenters. The minimum atomic E-state index is -0.593. The van der Waals surface area contributed by atoms with Crippen molar-refractivity contribution in [3.05, 3.63) is 29.8 Å². The fraction of sp³-hybridized carbons (Fsp3) is 0.720. The minimum absolute atomic E-state index is 0.446. The maximum Gasteiger partial charge on any atom is 0.513 e. The molecule has 3 nitrogen and oxygen atoms in total. The van der Waals surface area contributed by atoms with E-state index in [2.05, 4.69) is 26.0 Å². The van der Waals surface area contributed by atoms with E-state index in [1.165, 1.54) is 82.6 Å². The van der Waals surface area contributed by atoms with Crippen LogP contribution in [0.5, 0.6) is 5.75 Å². The first-order valence-corrected chi connectivity index (χ1v) is 11.7. The van der Waals surface area contributed by atoms with Gasteiger partial charge in [-0.1, -0.05) is 103 Å². The SMILES string of the molecule is CCCCCCCCCCc1ccc(OC(=O)OCCCCCCCC)cc1. The lowest BCUT2D eigenvalue weighted by molar-refractivity contribution is 0.0973. The van der Waals surface area contributed by atoms with Crippen LogP contribution in [0.15, 0.2) is 24.3 Å². The van der Waals surface area contributed by atoms with Crippen LogP contribution in [0.3, 0.4) is 0 Å². The molecule has 1 rings (SSSR count). The van der Waals surface area contributed by atoms with E-state index in [0.29, 0.717) is 12.4 Å². The summed E-state index contributed by atoms with van der Waals surface area (Å²) in [6, 6.07) is 7.84. The molecule has 0 amide bonds. The van der Waals surface area contributed by atoms with Gasteiger partial charge in [-0.25, -0.2) is 4.79 Å². The lowest BCUT2D eigenvalue weighted by Crippen LogP contribution is -2.11. The second-order valence-corrected chi connectivity index (χ2v) is 7.84. The number of carbonyl (C=O) groups excluding carboxylic acids is 1. The summed E-state index contributed by atoms with van der Waals surface area (Å²) in [4.78, 5) is 11.7. The van der Waals surface area contributed by atoms with Gasteiger partial charge in [-0.3, -0.25) is 0 Å². The maximum atomic E-state index is 11.7. The van der Waals surface area contributed by atoms with Crippen molar-refractivity contribution < 1.29 is 14.3 Å². The Balaban J connectivity index is 2.06. The van der Waals surface area contributed by atoms with Crippen LogP contribution in [-0.4, -0.2) is 12.8 Å². The van der Waals surface area contributed by atoms with E-state index in [1.54, 1.807) is 0 Å². The van der Waals surface area contributed by atoms with E-state index in [9.17, 15) is 4.79 Å². The number of carbonyl (C=O) groups is 1. The Labute approximate surface area is 173 Å². The zero-order valence-corrected chi connectivity index (χ0v) is 18.3. The van der Waals surface area contributed by atoms with Crippen LogP contribution >= 0.6 is 0 Å². The van der Waals surface area contributed by atoms with Crippen molar-refractivity contribution in [1.82, 2.24) is 0 Å². The lowest BCUT2D eigenvalue weighted by Gasteiger charge is -2.07. The molecule has 0 aliphatic heterocycles. The third-order valence-electron chi connectivity index (χ3n) is 5.16. The zero-order chi connectivity index (χ0) is 20.3. The standard InChI is InChI=1S/C25H42O3/c1-3-5-7-9-11-12-13-15-17-23-18-20-24(21-19-23)28-25(26)27-22-16-14-10-8-6-4-2/h18-21H,3-17,22H2,1-2H3. The number of hydrogen-bond donors (Lipinski definition) is 0. The molecule has 1 aromatic rings. The number of aryl methyl sites for hydroxylation is 1. The molecule has 0 atom stereocenters. The second kappa shape index (κ2) is 17.6. The van der Waals surface area contributed by atoms with Crippen molar-refractivity contribution in [2.75, 3.05) is 6.61 Å². The molecule has 3 heteroatoms. The Kier molecular flexibility index (Phi) is 15.4. The molecule has 28 heavy (non-hydrogen) atoms. The van der Waals surface area contributed by atoms with Crippen molar-refractivity contribution in [2.24, 2.45) is 0 Å². The first kappa shape index (κ1) is 24.5. The highest BCUT2D eigenvalue weighted by Crippen LogP contribution is 2.16. The molecule has 0 saturated carbocycles. The van der Waals surface area contributed by atoms with Gasteiger partial charge in [0.1, 0.15) is 5.75 Å². The quantitative estimate of drug-likeness (QED) is 0.153. The number of benzene rings is 1. The van der Waals surface area contributed by atoms with Gasteiger partial charge in [-0.2, -0.15) is 0 Å². The van der Waals surface area contributed by atoms with Crippen molar-refractivity contribution in [1.29, 1.82) is 0 Å². The molecule has 0 heterocycles. The molecule has 160 valence electrons. The summed E-state index contributed by atoms with van der Waals surface area (Å²) >= 11 is 0. The second-order valence-electron chi connectivity index (χ2n) is 7.84.